The Morgan fingerprint density at radius 1 is 1.18 bits per heavy atom. The Labute approximate surface area is 138 Å². The Balaban J connectivity index is 1.53. The fraction of sp³-hybridized carbons (Fsp3) is 0.833. The van der Waals surface area contributed by atoms with Crippen molar-refractivity contribution in [3.8, 4) is 0 Å². The fourth-order valence-corrected chi connectivity index (χ4v) is 7.01. The molecule has 1 heterocycles. The summed E-state index contributed by atoms with van der Waals surface area (Å²) in [6.45, 7) is 8.54. The third kappa shape index (κ3) is 2.17. The number of rotatable bonds is 3. The first kappa shape index (κ1) is 15.1. The summed E-state index contributed by atoms with van der Waals surface area (Å²) < 4.78 is 5.83. The monoisotopic (exact) mass is 320 g/mol. The number of aliphatic imine (C=N–C) groups is 1. The van der Waals surface area contributed by atoms with E-state index in [2.05, 4.69) is 25.7 Å². The predicted molar refractivity (Wildman–Crippen MR) is 92.8 cm³/mol. The van der Waals surface area contributed by atoms with E-state index in [1.165, 1.54) is 38.5 Å². The number of nitrogens with zero attached hydrogens (tertiary/aromatic N) is 1. The van der Waals surface area contributed by atoms with Gasteiger partial charge in [0.25, 0.3) is 0 Å². The van der Waals surface area contributed by atoms with E-state index in [9.17, 15) is 0 Å². The van der Waals surface area contributed by atoms with Crippen LogP contribution in [0.3, 0.4) is 0 Å². The number of hydrogen-bond donors (Lipinski definition) is 1. The van der Waals surface area contributed by atoms with Gasteiger partial charge in [0.1, 0.15) is 0 Å². The highest BCUT2D eigenvalue weighted by Crippen LogP contribution is 2.56. The number of amidine groups is 1. The lowest BCUT2D eigenvalue weighted by atomic mass is 9.53. The molecule has 0 radical (unpaired) electrons. The zero-order valence-electron chi connectivity index (χ0n) is 14.0. The molecule has 5 rings (SSSR count). The lowest BCUT2D eigenvalue weighted by Crippen LogP contribution is -2.59. The molecule has 4 saturated carbocycles. The lowest BCUT2D eigenvalue weighted by Gasteiger charge is -2.57. The van der Waals surface area contributed by atoms with E-state index in [0.29, 0.717) is 11.5 Å². The maximum atomic E-state index is 5.83. The van der Waals surface area contributed by atoms with Crippen LogP contribution in [-0.2, 0) is 4.74 Å². The lowest BCUT2D eigenvalue weighted by molar-refractivity contribution is -0.00961. The van der Waals surface area contributed by atoms with E-state index in [4.69, 9.17) is 9.73 Å². The van der Waals surface area contributed by atoms with Crippen LogP contribution in [0.15, 0.2) is 17.3 Å². The number of ether oxygens (including phenoxy) is 1. The maximum Gasteiger partial charge on any atom is 0.165 e. The minimum absolute atomic E-state index is 0.307. The molecule has 1 unspecified atom stereocenters. The Morgan fingerprint density at radius 3 is 2.14 bits per heavy atom. The van der Waals surface area contributed by atoms with Gasteiger partial charge < -0.3 is 10.1 Å². The molecular formula is C18H28N2OS. The highest BCUT2D eigenvalue weighted by molar-refractivity contribution is 8.15. The van der Waals surface area contributed by atoms with Crippen LogP contribution in [0.4, 0.5) is 0 Å². The second kappa shape index (κ2) is 5.01. The summed E-state index contributed by atoms with van der Waals surface area (Å²) in [6, 6.07) is 0. The van der Waals surface area contributed by atoms with Gasteiger partial charge in [0, 0.05) is 12.6 Å². The Bertz CT molecular complexity index is 492. The van der Waals surface area contributed by atoms with Gasteiger partial charge in [-0.15, -0.1) is 0 Å². The quantitative estimate of drug-likeness (QED) is 0.848. The SMILES string of the molecule is C=C1N=C(NC23CC4CC(CC(C4)C2)C3)SC1(OC)C(C)C. The summed E-state index contributed by atoms with van der Waals surface area (Å²) in [5.74, 6) is 3.21. The summed E-state index contributed by atoms with van der Waals surface area (Å²) in [4.78, 5) is 4.38. The number of thioether (sulfide) groups is 1. The van der Waals surface area contributed by atoms with Crippen molar-refractivity contribution in [2.45, 2.75) is 62.8 Å². The highest BCUT2D eigenvalue weighted by Gasteiger charge is 2.53. The summed E-state index contributed by atoms with van der Waals surface area (Å²) in [7, 11) is 1.78. The van der Waals surface area contributed by atoms with E-state index >= 15 is 0 Å². The summed E-state index contributed by atoms with van der Waals surface area (Å²) in [5, 5.41) is 4.91. The minimum atomic E-state index is -0.384. The first-order valence-corrected chi connectivity index (χ1v) is 9.57. The second-order valence-electron chi connectivity index (χ2n) is 8.31. The summed E-state index contributed by atoms with van der Waals surface area (Å²) in [6.07, 6.45) is 8.44. The molecule has 4 heteroatoms. The summed E-state index contributed by atoms with van der Waals surface area (Å²) in [5.41, 5.74) is 1.17. The van der Waals surface area contributed by atoms with E-state index in [1.54, 1.807) is 18.9 Å². The molecule has 0 spiro atoms. The Morgan fingerprint density at radius 2 is 1.73 bits per heavy atom. The van der Waals surface area contributed by atoms with Gasteiger partial charge in [-0.1, -0.05) is 20.4 Å². The Kier molecular flexibility index (Phi) is 3.43. The van der Waals surface area contributed by atoms with Crippen molar-refractivity contribution in [1.82, 2.24) is 5.32 Å². The molecular weight excluding hydrogens is 292 g/mol. The molecule has 0 saturated heterocycles. The number of hydrogen-bond acceptors (Lipinski definition) is 4. The largest absolute Gasteiger partial charge is 0.361 e. The maximum absolute atomic E-state index is 5.83. The van der Waals surface area contributed by atoms with Gasteiger partial charge in [0.2, 0.25) is 0 Å². The van der Waals surface area contributed by atoms with Crippen LogP contribution in [0.25, 0.3) is 0 Å². The molecule has 4 bridgehead atoms. The minimum Gasteiger partial charge on any atom is -0.361 e. The van der Waals surface area contributed by atoms with Crippen LogP contribution in [0.1, 0.15) is 52.4 Å². The average molecular weight is 321 g/mol. The van der Waals surface area contributed by atoms with Gasteiger partial charge in [0.15, 0.2) is 10.1 Å². The summed E-state index contributed by atoms with van der Waals surface area (Å²) >= 11 is 1.74. The zero-order valence-corrected chi connectivity index (χ0v) is 14.8. The first-order chi connectivity index (χ1) is 10.4. The third-order valence-electron chi connectivity index (χ3n) is 6.36. The van der Waals surface area contributed by atoms with Gasteiger partial charge >= 0.3 is 0 Å². The van der Waals surface area contributed by atoms with Crippen LogP contribution in [0.2, 0.25) is 0 Å². The molecule has 122 valence electrons. The van der Waals surface area contributed by atoms with E-state index < -0.39 is 0 Å². The van der Waals surface area contributed by atoms with Crippen molar-refractivity contribution >= 4 is 16.9 Å². The van der Waals surface area contributed by atoms with Gasteiger partial charge in [-0.05, 0) is 74.0 Å². The van der Waals surface area contributed by atoms with Gasteiger partial charge in [-0.2, -0.15) is 0 Å². The normalized spacial score (nSPS) is 46.5. The van der Waals surface area contributed by atoms with Crippen LogP contribution < -0.4 is 5.32 Å². The van der Waals surface area contributed by atoms with Crippen molar-refractivity contribution in [1.29, 1.82) is 0 Å². The molecule has 0 amide bonds. The van der Waals surface area contributed by atoms with Crippen molar-refractivity contribution < 1.29 is 4.74 Å². The average Bonchev–Trinajstić information content (AvgIpc) is 2.73. The number of methoxy groups -OCH3 is 1. The van der Waals surface area contributed by atoms with Crippen LogP contribution in [-0.4, -0.2) is 22.7 Å². The molecule has 0 aromatic heterocycles. The van der Waals surface area contributed by atoms with Crippen LogP contribution in [0.5, 0.6) is 0 Å². The molecule has 4 aliphatic carbocycles. The third-order valence-corrected chi connectivity index (χ3v) is 7.92. The van der Waals surface area contributed by atoms with Gasteiger partial charge in [0.05, 0.1) is 5.70 Å². The molecule has 22 heavy (non-hydrogen) atoms. The van der Waals surface area contributed by atoms with Crippen molar-refractivity contribution in [3.05, 3.63) is 12.3 Å². The van der Waals surface area contributed by atoms with Crippen LogP contribution in [0, 0.1) is 23.7 Å². The zero-order chi connectivity index (χ0) is 15.5. The molecule has 0 aromatic rings. The van der Waals surface area contributed by atoms with Crippen LogP contribution >= 0.6 is 11.8 Å². The van der Waals surface area contributed by atoms with Gasteiger partial charge in [-0.3, -0.25) is 0 Å². The van der Waals surface area contributed by atoms with Crippen molar-refractivity contribution in [2.24, 2.45) is 28.7 Å². The standard InChI is InChI=1S/C18H28N2OS/c1-11(2)18(21-4)12(3)19-16(22-18)20-17-8-13-5-14(9-17)7-15(6-13)10-17/h11,13-15H,3,5-10H2,1-2,4H3,(H,19,20). The second-order valence-corrected chi connectivity index (χ2v) is 9.51. The van der Waals surface area contributed by atoms with Crippen molar-refractivity contribution in [3.63, 3.8) is 0 Å². The van der Waals surface area contributed by atoms with E-state index in [1.807, 2.05) is 0 Å². The predicted octanol–water partition coefficient (Wildman–Crippen LogP) is 4.16. The molecule has 1 N–H and O–H groups in total. The topological polar surface area (TPSA) is 33.6 Å². The molecule has 4 fully saturated rings. The molecule has 5 aliphatic rings. The molecule has 3 nitrogen and oxygen atoms in total. The van der Waals surface area contributed by atoms with E-state index in [0.717, 1.165) is 28.6 Å². The highest BCUT2D eigenvalue weighted by atomic mass is 32.2. The first-order valence-electron chi connectivity index (χ1n) is 8.75. The molecule has 0 aromatic carbocycles. The molecule has 1 atom stereocenters. The number of nitrogens with one attached hydrogen (secondary N) is 1. The molecule has 1 aliphatic heterocycles. The van der Waals surface area contributed by atoms with Gasteiger partial charge in [-0.25, -0.2) is 4.99 Å². The van der Waals surface area contributed by atoms with Crippen molar-refractivity contribution in [2.75, 3.05) is 7.11 Å². The smallest absolute Gasteiger partial charge is 0.165 e. The Hall–Kier alpha value is -0.480. The van der Waals surface area contributed by atoms with E-state index in [-0.39, 0.29) is 4.93 Å². The fourth-order valence-electron chi connectivity index (χ4n) is 5.82.